The number of rotatable bonds is 2. The van der Waals surface area contributed by atoms with Gasteiger partial charge < -0.3 is 8.83 Å². The van der Waals surface area contributed by atoms with Gasteiger partial charge in [-0.3, -0.25) is 0 Å². The van der Waals surface area contributed by atoms with Crippen molar-refractivity contribution >= 4 is 11.1 Å². The molecule has 3 heteroatoms. The minimum Gasteiger partial charge on any atom is -0.464 e. The first-order chi connectivity index (χ1) is 10.3. The summed E-state index contributed by atoms with van der Waals surface area (Å²) in [5.74, 6) is 1.48. The zero-order chi connectivity index (χ0) is 14.2. The molecule has 0 aliphatic rings. The maximum absolute atomic E-state index is 5.82. The van der Waals surface area contributed by atoms with Crippen molar-refractivity contribution in [3.8, 4) is 22.8 Å². The van der Waals surface area contributed by atoms with Crippen molar-refractivity contribution in [1.29, 1.82) is 0 Å². The Hall–Kier alpha value is -2.81. The molecule has 0 spiro atoms. The van der Waals surface area contributed by atoms with Gasteiger partial charge in [-0.25, -0.2) is 4.98 Å². The second-order valence-electron chi connectivity index (χ2n) is 4.99. The number of fused-ring (bicyclic) bond motifs is 1. The summed E-state index contributed by atoms with van der Waals surface area (Å²) >= 11 is 0. The van der Waals surface area contributed by atoms with E-state index in [4.69, 9.17) is 8.83 Å². The SMILES string of the molecule is Cc1ccc(-c2nc3ccccc3o2)cc1-c1ccco1. The number of oxazole rings is 1. The highest BCUT2D eigenvalue weighted by Crippen LogP contribution is 2.30. The predicted molar refractivity (Wildman–Crippen MR) is 81.9 cm³/mol. The molecule has 2 heterocycles. The van der Waals surface area contributed by atoms with Crippen LogP contribution in [0.3, 0.4) is 0 Å². The van der Waals surface area contributed by atoms with Crippen LogP contribution in [0.1, 0.15) is 5.56 Å². The van der Waals surface area contributed by atoms with Crippen LogP contribution in [0.15, 0.2) is 69.7 Å². The van der Waals surface area contributed by atoms with Crippen molar-refractivity contribution in [3.05, 3.63) is 66.4 Å². The van der Waals surface area contributed by atoms with Crippen molar-refractivity contribution in [2.24, 2.45) is 0 Å². The van der Waals surface area contributed by atoms with Crippen molar-refractivity contribution in [2.75, 3.05) is 0 Å². The minimum absolute atomic E-state index is 0.629. The summed E-state index contributed by atoms with van der Waals surface area (Å²) in [5, 5.41) is 0. The summed E-state index contributed by atoms with van der Waals surface area (Å²) in [7, 11) is 0. The molecule has 0 saturated carbocycles. The van der Waals surface area contributed by atoms with E-state index in [2.05, 4.69) is 24.0 Å². The predicted octanol–water partition coefficient (Wildman–Crippen LogP) is 5.06. The van der Waals surface area contributed by atoms with Gasteiger partial charge in [-0.1, -0.05) is 18.2 Å². The Morgan fingerprint density at radius 1 is 0.952 bits per heavy atom. The largest absolute Gasteiger partial charge is 0.464 e. The van der Waals surface area contributed by atoms with Gasteiger partial charge in [0.25, 0.3) is 0 Å². The van der Waals surface area contributed by atoms with Gasteiger partial charge in [-0.15, -0.1) is 0 Å². The van der Waals surface area contributed by atoms with E-state index in [-0.39, 0.29) is 0 Å². The summed E-state index contributed by atoms with van der Waals surface area (Å²) < 4.78 is 11.3. The molecule has 0 amide bonds. The molecule has 0 atom stereocenters. The van der Waals surface area contributed by atoms with E-state index in [1.165, 1.54) is 0 Å². The molecule has 2 aromatic heterocycles. The molecule has 102 valence electrons. The smallest absolute Gasteiger partial charge is 0.227 e. The fourth-order valence-electron chi connectivity index (χ4n) is 2.45. The van der Waals surface area contributed by atoms with Crippen molar-refractivity contribution in [2.45, 2.75) is 6.92 Å². The minimum atomic E-state index is 0.629. The summed E-state index contributed by atoms with van der Waals surface area (Å²) in [6, 6.07) is 17.8. The fourth-order valence-corrected chi connectivity index (χ4v) is 2.45. The van der Waals surface area contributed by atoms with Crippen LogP contribution in [0, 0.1) is 6.92 Å². The van der Waals surface area contributed by atoms with Crippen LogP contribution >= 0.6 is 0 Å². The standard InChI is InChI=1S/C18H13NO2/c1-12-8-9-13(11-14(12)16-7-4-10-20-16)18-19-15-5-2-3-6-17(15)21-18/h2-11H,1H3. The van der Waals surface area contributed by atoms with E-state index in [0.717, 1.165) is 33.6 Å². The van der Waals surface area contributed by atoms with Crippen LogP contribution in [0.4, 0.5) is 0 Å². The normalized spacial score (nSPS) is 11.1. The zero-order valence-corrected chi connectivity index (χ0v) is 11.5. The lowest BCUT2D eigenvalue weighted by Gasteiger charge is -2.04. The first-order valence-electron chi connectivity index (χ1n) is 6.82. The van der Waals surface area contributed by atoms with Crippen LogP contribution < -0.4 is 0 Å². The summed E-state index contributed by atoms with van der Waals surface area (Å²) in [6.45, 7) is 2.06. The third-order valence-corrected chi connectivity index (χ3v) is 3.57. The van der Waals surface area contributed by atoms with Crippen LogP contribution in [0.2, 0.25) is 0 Å². The molecule has 0 aliphatic carbocycles. The number of hydrogen-bond donors (Lipinski definition) is 0. The van der Waals surface area contributed by atoms with Gasteiger partial charge in [-0.2, -0.15) is 0 Å². The fraction of sp³-hybridized carbons (Fsp3) is 0.0556. The molecule has 0 fully saturated rings. The Morgan fingerprint density at radius 2 is 1.86 bits per heavy atom. The second-order valence-corrected chi connectivity index (χ2v) is 4.99. The van der Waals surface area contributed by atoms with Crippen molar-refractivity contribution < 1.29 is 8.83 Å². The molecule has 21 heavy (non-hydrogen) atoms. The molecule has 4 rings (SSSR count). The van der Waals surface area contributed by atoms with Crippen LogP contribution in [0.5, 0.6) is 0 Å². The first-order valence-corrected chi connectivity index (χ1v) is 6.82. The molecule has 0 aliphatic heterocycles. The average molecular weight is 275 g/mol. The van der Waals surface area contributed by atoms with Gasteiger partial charge in [0.15, 0.2) is 5.58 Å². The molecule has 3 nitrogen and oxygen atoms in total. The molecule has 2 aromatic carbocycles. The lowest BCUT2D eigenvalue weighted by molar-refractivity contribution is 0.582. The molecule has 0 N–H and O–H groups in total. The molecule has 4 aromatic rings. The number of aryl methyl sites for hydroxylation is 1. The Labute approximate surface area is 121 Å². The highest BCUT2D eigenvalue weighted by molar-refractivity contribution is 5.77. The van der Waals surface area contributed by atoms with Gasteiger partial charge >= 0.3 is 0 Å². The van der Waals surface area contributed by atoms with E-state index in [1.807, 2.05) is 42.5 Å². The molecule has 0 unspecified atom stereocenters. The van der Waals surface area contributed by atoms with E-state index in [0.29, 0.717) is 5.89 Å². The molecular formula is C18H13NO2. The topological polar surface area (TPSA) is 39.2 Å². The monoisotopic (exact) mass is 275 g/mol. The third-order valence-electron chi connectivity index (χ3n) is 3.57. The van der Waals surface area contributed by atoms with E-state index in [1.54, 1.807) is 6.26 Å². The Bertz CT molecular complexity index is 871. The number of hydrogen-bond acceptors (Lipinski definition) is 3. The Balaban J connectivity index is 1.87. The summed E-state index contributed by atoms with van der Waals surface area (Å²) in [5.41, 5.74) is 4.83. The molecular weight excluding hydrogens is 262 g/mol. The zero-order valence-electron chi connectivity index (χ0n) is 11.5. The van der Waals surface area contributed by atoms with Crippen LogP contribution in [0.25, 0.3) is 33.9 Å². The first kappa shape index (κ1) is 12.0. The highest BCUT2D eigenvalue weighted by Gasteiger charge is 2.11. The summed E-state index contributed by atoms with van der Waals surface area (Å²) in [6.07, 6.45) is 1.68. The maximum atomic E-state index is 5.82. The lowest BCUT2D eigenvalue weighted by atomic mass is 10.0. The molecule has 0 bridgehead atoms. The van der Waals surface area contributed by atoms with Crippen LogP contribution in [-0.2, 0) is 0 Å². The number of para-hydroxylation sites is 2. The van der Waals surface area contributed by atoms with Gasteiger partial charge in [0, 0.05) is 11.1 Å². The van der Waals surface area contributed by atoms with E-state index in [9.17, 15) is 0 Å². The van der Waals surface area contributed by atoms with Crippen molar-refractivity contribution in [1.82, 2.24) is 4.98 Å². The molecule has 0 radical (unpaired) electrons. The van der Waals surface area contributed by atoms with Crippen molar-refractivity contribution in [3.63, 3.8) is 0 Å². The highest BCUT2D eigenvalue weighted by atomic mass is 16.3. The number of aromatic nitrogens is 1. The number of benzene rings is 2. The Morgan fingerprint density at radius 3 is 2.67 bits per heavy atom. The Kier molecular flexibility index (Phi) is 2.64. The van der Waals surface area contributed by atoms with Crippen LogP contribution in [-0.4, -0.2) is 4.98 Å². The average Bonchev–Trinajstić information content (AvgIpc) is 3.17. The number of nitrogens with zero attached hydrogens (tertiary/aromatic N) is 1. The van der Waals surface area contributed by atoms with E-state index < -0.39 is 0 Å². The lowest BCUT2D eigenvalue weighted by Crippen LogP contribution is -1.84. The maximum Gasteiger partial charge on any atom is 0.227 e. The van der Waals surface area contributed by atoms with Gasteiger partial charge in [0.05, 0.1) is 6.26 Å². The number of furan rings is 1. The second kappa shape index (κ2) is 4.63. The van der Waals surface area contributed by atoms with Gasteiger partial charge in [0.1, 0.15) is 11.3 Å². The van der Waals surface area contributed by atoms with E-state index >= 15 is 0 Å². The molecule has 0 saturated heterocycles. The quantitative estimate of drug-likeness (QED) is 0.513. The van der Waals surface area contributed by atoms with Gasteiger partial charge in [-0.05, 0) is 48.9 Å². The summed E-state index contributed by atoms with van der Waals surface area (Å²) in [4.78, 5) is 4.54. The third kappa shape index (κ3) is 2.03. The van der Waals surface area contributed by atoms with Gasteiger partial charge in [0.2, 0.25) is 5.89 Å².